The molecule has 0 spiro atoms. The first-order valence-electron chi connectivity index (χ1n) is 6.23. The average molecular weight is 277 g/mol. The number of hydrogen-bond donors (Lipinski definition) is 2. The van der Waals surface area contributed by atoms with Gasteiger partial charge < -0.3 is 15.3 Å². The lowest BCUT2D eigenvalue weighted by Gasteiger charge is -2.19. The van der Waals surface area contributed by atoms with Crippen LogP contribution in [0.3, 0.4) is 0 Å². The van der Waals surface area contributed by atoms with Gasteiger partial charge in [0, 0.05) is 39.3 Å². The molecule has 1 heterocycles. The number of amides is 1. The largest absolute Gasteiger partial charge is 0.478 e. The summed E-state index contributed by atoms with van der Waals surface area (Å²) in [6.07, 6.45) is 4.58. The lowest BCUT2D eigenvalue weighted by Crippen LogP contribution is -2.27. The number of nitrogens with zero attached hydrogens (tertiary/aromatic N) is 2. The number of rotatable bonds is 6. The van der Waals surface area contributed by atoms with Crippen LogP contribution in [0.5, 0.6) is 0 Å². The summed E-state index contributed by atoms with van der Waals surface area (Å²) in [5, 5.41) is 11.2. The minimum atomic E-state index is -0.991. The van der Waals surface area contributed by atoms with Crippen LogP contribution in [0.25, 0.3) is 6.08 Å². The summed E-state index contributed by atoms with van der Waals surface area (Å²) in [7, 11) is 3.47. The van der Waals surface area contributed by atoms with Gasteiger partial charge in [-0.25, -0.2) is 9.78 Å². The Morgan fingerprint density at radius 1 is 1.50 bits per heavy atom. The molecule has 108 valence electrons. The fourth-order valence-corrected chi connectivity index (χ4v) is 1.75. The Bertz CT molecular complexity index is 526. The maximum atomic E-state index is 11.2. The molecule has 0 atom stereocenters. The number of hydrogen-bond acceptors (Lipinski definition) is 4. The lowest BCUT2D eigenvalue weighted by atomic mass is 10.2. The van der Waals surface area contributed by atoms with Gasteiger partial charge in [0.2, 0.25) is 5.91 Å². The molecule has 0 radical (unpaired) electrons. The first kappa shape index (κ1) is 15.7. The van der Waals surface area contributed by atoms with Gasteiger partial charge in [-0.3, -0.25) is 4.79 Å². The fraction of sp³-hybridized carbons (Fsp3) is 0.357. The fourth-order valence-electron chi connectivity index (χ4n) is 1.75. The SMILES string of the molecule is CNC(=O)CCN(C)c1ncc(/C=C/C(=O)O)cc1C. The van der Waals surface area contributed by atoms with Crippen LogP contribution in [0.2, 0.25) is 0 Å². The first-order valence-corrected chi connectivity index (χ1v) is 6.23. The lowest BCUT2D eigenvalue weighted by molar-refractivity contribution is -0.131. The van der Waals surface area contributed by atoms with Gasteiger partial charge in [0.1, 0.15) is 5.82 Å². The van der Waals surface area contributed by atoms with E-state index in [0.717, 1.165) is 23.0 Å². The summed E-state index contributed by atoms with van der Waals surface area (Å²) in [6.45, 7) is 2.47. The van der Waals surface area contributed by atoms with Gasteiger partial charge in [0.25, 0.3) is 0 Å². The minimum Gasteiger partial charge on any atom is -0.478 e. The number of pyridine rings is 1. The summed E-state index contributed by atoms with van der Waals surface area (Å²) < 4.78 is 0. The van der Waals surface area contributed by atoms with Gasteiger partial charge >= 0.3 is 5.97 Å². The van der Waals surface area contributed by atoms with Crippen molar-refractivity contribution in [1.82, 2.24) is 10.3 Å². The van der Waals surface area contributed by atoms with E-state index in [9.17, 15) is 9.59 Å². The molecule has 6 heteroatoms. The van der Waals surface area contributed by atoms with Gasteiger partial charge in [-0.1, -0.05) is 0 Å². The third-order valence-corrected chi connectivity index (χ3v) is 2.80. The van der Waals surface area contributed by atoms with Crippen molar-refractivity contribution in [3.05, 3.63) is 29.5 Å². The highest BCUT2D eigenvalue weighted by molar-refractivity contribution is 5.85. The van der Waals surface area contributed by atoms with E-state index in [-0.39, 0.29) is 5.91 Å². The van der Waals surface area contributed by atoms with E-state index in [1.54, 1.807) is 13.2 Å². The van der Waals surface area contributed by atoms with E-state index in [2.05, 4.69) is 10.3 Å². The molecule has 1 aromatic heterocycles. The van der Waals surface area contributed by atoms with Crippen molar-refractivity contribution in [2.75, 3.05) is 25.5 Å². The van der Waals surface area contributed by atoms with Crippen LogP contribution < -0.4 is 10.2 Å². The summed E-state index contributed by atoms with van der Waals surface area (Å²) in [5.74, 6) is -0.230. The Kier molecular flexibility index (Phi) is 5.71. The van der Waals surface area contributed by atoms with Crippen LogP contribution in [0, 0.1) is 6.92 Å². The van der Waals surface area contributed by atoms with Crippen molar-refractivity contribution in [1.29, 1.82) is 0 Å². The Morgan fingerprint density at radius 3 is 2.75 bits per heavy atom. The second-order valence-corrected chi connectivity index (χ2v) is 4.43. The number of carboxylic acids is 1. The summed E-state index contributed by atoms with van der Waals surface area (Å²) in [4.78, 5) is 27.9. The zero-order valence-corrected chi connectivity index (χ0v) is 11.9. The van der Waals surface area contributed by atoms with Gasteiger partial charge in [-0.2, -0.15) is 0 Å². The second kappa shape index (κ2) is 7.28. The zero-order valence-electron chi connectivity index (χ0n) is 11.9. The highest BCUT2D eigenvalue weighted by Crippen LogP contribution is 2.17. The quantitative estimate of drug-likeness (QED) is 0.760. The molecule has 0 saturated carbocycles. The van der Waals surface area contributed by atoms with E-state index in [0.29, 0.717) is 13.0 Å². The highest BCUT2D eigenvalue weighted by atomic mass is 16.4. The molecule has 0 unspecified atom stereocenters. The third-order valence-electron chi connectivity index (χ3n) is 2.80. The monoisotopic (exact) mass is 277 g/mol. The number of anilines is 1. The van der Waals surface area contributed by atoms with E-state index in [4.69, 9.17) is 5.11 Å². The summed E-state index contributed by atoms with van der Waals surface area (Å²) >= 11 is 0. The molecule has 0 aliphatic heterocycles. The van der Waals surface area contributed by atoms with Crippen molar-refractivity contribution in [2.24, 2.45) is 0 Å². The molecule has 0 fully saturated rings. The normalized spacial score (nSPS) is 10.6. The Morgan fingerprint density at radius 2 is 2.20 bits per heavy atom. The number of aryl methyl sites for hydroxylation is 1. The maximum absolute atomic E-state index is 11.2. The van der Waals surface area contributed by atoms with Crippen molar-refractivity contribution < 1.29 is 14.7 Å². The van der Waals surface area contributed by atoms with Crippen LogP contribution in [-0.4, -0.2) is 42.6 Å². The summed E-state index contributed by atoms with van der Waals surface area (Å²) in [6, 6.07) is 1.86. The van der Waals surface area contributed by atoms with E-state index in [1.165, 1.54) is 6.08 Å². The topological polar surface area (TPSA) is 82.5 Å². The number of aromatic nitrogens is 1. The molecule has 0 aliphatic carbocycles. The Balaban J connectivity index is 2.76. The van der Waals surface area contributed by atoms with Gasteiger partial charge in [-0.05, 0) is 30.2 Å². The number of nitrogens with one attached hydrogen (secondary N) is 1. The maximum Gasteiger partial charge on any atom is 0.328 e. The van der Waals surface area contributed by atoms with Crippen LogP contribution >= 0.6 is 0 Å². The number of carbonyl (C=O) groups is 2. The molecule has 0 saturated heterocycles. The van der Waals surface area contributed by atoms with Crippen molar-refractivity contribution in [3.63, 3.8) is 0 Å². The standard InChI is InChI=1S/C14H19N3O3/c1-10-8-11(4-5-13(19)20)9-16-14(10)17(3)7-6-12(18)15-2/h4-5,8-9H,6-7H2,1-3H3,(H,15,18)(H,19,20)/b5-4+. The van der Waals surface area contributed by atoms with E-state index < -0.39 is 5.97 Å². The first-order chi connectivity index (χ1) is 9.43. The smallest absolute Gasteiger partial charge is 0.328 e. The summed E-state index contributed by atoms with van der Waals surface area (Å²) in [5.41, 5.74) is 1.66. The molecule has 1 rings (SSSR count). The Hall–Kier alpha value is -2.37. The zero-order chi connectivity index (χ0) is 15.1. The van der Waals surface area contributed by atoms with Crippen molar-refractivity contribution in [2.45, 2.75) is 13.3 Å². The molecule has 1 aromatic rings. The highest BCUT2D eigenvalue weighted by Gasteiger charge is 2.08. The van der Waals surface area contributed by atoms with Crippen LogP contribution in [0.1, 0.15) is 17.5 Å². The van der Waals surface area contributed by atoms with Crippen molar-refractivity contribution in [3.8, 4) is 0 Å². The number of carboxylic acid groups (broad SMARTS) is 1. The van der Waals surface area contributed by atoms with Gasteiger partial charge in [-0.15, -0.1) is 0 Å². The number of aliphatic carboxylic acids is 1. The molecule has 6 nitrogen and oxygen atoms in total. The second-order valence-electron chi connectivity index (χ2n) is 4.43. The molecule has 0 aromatic carbocycles. The molecule has 0 aliphatic rings. The van der Waals surface area contributed by atoms with Gasteiger partial charge in [0.05, 0.1) is 0 Å². The molecule has 2 N–H and O–H groups in total. The minimum absolute atomic E-state index is 0.0180. The van der Waals surface area contributed by atoms with Crippen molar-refractivity contribution >= 4 is 23.8 Å². The average Bonchev–Trinajstić information content (AvgIpc) is 2.42. The molecule has 0 bridgehead atoms. The number of carbonyl (C=O) groups excluding carboxylic acids is 1. The van der Waals surface area contributed by atoms with Gasteiger partial charge in [0.15, 0.2) is 0 Å². The van der Waals surface area contributed by atoms with Crippen LogP contribution in [0.4, 0.5) is 5.82 Å². The predicted octanol–water partition coefficient (Wildman–Crippen LogP) is 1.06. The van der Waals surface area contributed by atoms with Crippen LogP contribution in [-0.2, 0) is 9.59 Å². The molecule has 1 amide bonds. The third kappa shape index (κ3) is 4.72. The van der Waals surface area contributed by atoms with Crippen LogP contribution in [0.15, 0.2) is 18.3 Å². The Labute approximate surface area is 118 Å². The van der Waals surface area contributed by atoms with E-state index in [1.807, 2.05) is 24.9 Å². The van der Waals surface area contributed by atoms with E-state index >= 15 is 0 Å². The predicted molar refractivity (Wildman–Crippen MR) is 77.6 cm³/mol. The molecular weight excluding hydrogens is 258 g/mol. The molecular formula is C14H19N3O3. The molecule has 20 heavy (non-hydrogen) atoms.